The van der Waals surface area contributed by atoms with Crippen LogP contribution >= 0.6 is 0 Å². The zero-order valence-corrected chi connectivity index (χ0v) is 11.6. The molecule has 0 spiro atoms. The lowest BCUT2D eigenvalue weighted by molar-refractivity contribution is 0.581. The second kappa shape index (κ2) is 4.45. The van der Waals surface area contributed by atoms with Gasteiger partial charge in [-0.2, -0.15) is 0 Å². The summed E-state index contributed by atoms with van der Waals surface area (Å²) in [5.41, 5.74) is 2.08. The molecule has 1 atom stereocenters. The van der Waals surface area contributed by atoms with Gasteiger partial charge in [0, 0.05) is 0 Å². The highest BCUT2D eigenvalue weighted by Gasteiger charge is 2.37. The molecule has 1 heterocycles. The molecule has 17 heavy (non-hydrogen) atoms. The summed E-state index contributed by atoms with van der Waals surface area (Å²) in [6.45, 7) is 6.10. The lowest BCUT2D eigenvalue weighted by atomic mass is 9.94. The number of allylic oxidation sites excluding steroid dienone is 5. The van der Waals surface area contributed by atoms with E-state index in [9.17, 15) is 8.42 Å². The van der Waals surface area contributed by atoms with Crippen molar-refractivity contribution < 1.29 is 8.42 Å². The summed E-state index contributed by atoms with van der Waals surface area (Å²) in [5, 5.41) is 0. The molecule has 1 unspecified atom stereocenters. The highest BCUT2D eigenvalue weighted by atomic mass is 32.2. The van der Waals surface area contributed by atoms with E-state index in [-0.39, 0.29) is 5.92 Å². The third kappa shape index (κ3) is 1.90. The lowest BCUT2D eigenvalue weighted by Gasteiger charge is -2.13. The minimum atomic E-state index is -3.19. The summed E-state index contributed by atoms with van der Waals surface area (Å²) in [6.07, 6.45) is 7.56. The van der Waals surface area contributed by atoms with Crippen LogP contribution in [0.15, 0.2) is 33.1 Å². The molecule has 0 saturated heterocycles. The fourth-order valence-corrected chi connectivity index (χ4v) is 5.20. The van der Waals surface area contributed by atoms with E-state index in [1.807, 2.05) is 19.9 Å². The first kappa shape index (κ1) is 12.6. The van der Waals surface area contributed by atoms with Gasteiger partial charge in [0.05, 0.1) is 9.81 Å². The van der Waals surface area contributed by atoms with Gasteiger partial charge in [0.1, 0.15) is 0 Å². The van der Waals surface area contributed by atoms with E-state index in [1.54, 1.807) is 6.08 Å². The normalized spacial score (nSPS) is 24.2. The van der Waals surface area contributed by atoms with Crippen LogP contribution in [0.1, 0.15) is 46.5 Å². The van der Waals surface area contributed by atoms with Crippen molar-refractivity contribution in [3.63, 3.8) is 0 Å². The topological polar surface area (TPSA) is 34.1 Å². The first-order chi connectivity index (χ1) is 8.00. The summed E-state index contributed by atoms with van der Waals surface area (Å²) in [6, 6.07) is 0. The van der Waals surface area contributed by atoms with Crippen LogP contribution in [0, 0.1) is 5.92 Å². The van der Waals surface area contributed by atoms with Gasteiger partial charge in [-0.3, -0.25) is 0 Å². The lowest BCUT2D eigenvalue weighted by Crippen LogP contribution is -2.10. The first-order valence-electron chi connectivity index (χ1n) is 6.36. The third-order valence-corrected chi connectivity index (χ3v) is 5.95. The number of hydrogen-bond acceptors (Lipinski definition) is 2. The van der Waals surface area contributed by atoms with Gasteiger partial charge in [0.15, 0.2) is 0 Å². The van der Waals surface area contributed by atoms with E-state index in [1.165, 1.54) is 0 Å². The number of rotatable bonds is 3. The fourth-order valence-electron chi connectivity index (χ4n) is 2.93. The molecular weight excluding hydrogens is 232 g/mol. The van der Waals surface area contributed by atoms with Gasteiger partial charge < -0.3 is 0 Å². The van der Waals surface area contributed by atoms with Crippen LogP contribution in [0.3, 0.4) is 0 Å². The molecule has 0 aromatic heterocycles. The van der Waals surface area contributed by atoms with E-state index < -0.39 is 9.84 Å². The van der Waals surface area contributed by atoms with Gasteiger partial charge in [-0.05, 0) is 49.3 Å². The van der Waals surface area contributed by atoms with Gasteiger partial charge >= 0.3 is 0 Å². The Morgan fingerprint density at radius 2 is 2.12 bits per heavy atom. The van der Waals surface area contributed by atoms with Crippen molar-refractivity contribution in [3.8, 4) is 0 Å². The van der Waals surface area contributed by atoms with Crippen LogP contribution in [0.5, 0.6) is 0 Å². The molecule has 2 rings (SSSR count). The van der Waals surface area contributed by atoms with E-state index in [2.05, 4.69) is 6.92 Å². The van der Waals surface area contributed by atoms with Crippen molar-refractivity contribution in [1.82, 2.24) is 0 Å². The Kier molecular flexibility index (Phi) is 3.30. The molecular formula is C14H20O2S. The SMILES string of the molecule is CCCC(C)C1=C(C)C2=C(C=CCC2)S1(=O)=O. The second-order valence-corrected chi connectivity index (χ2v) is 6.85. The Morgan fingerprint density at radius 3 is 2.71 bits per heavy atom. The fraction of sp³-hybridized carbons (Fsp3) is 0.571. The molecule has 2 nitrogen and oxygen atoms in total. The molecule has 0 aromatic rings. The van der Waals surface area contributed by atoms with E-state index >= 15 is 0 Å². The maximum Gasteiger partial charge on any atom is 0.203 e. The largest absolute Gasteiger partial charge is 0.219 e. The molecule has 0 amide bonds. The van der Waals surface area contributed by atoms with Crippen LogP contribution in [0.2, 0.25) is 0 Å². The molecule has 0 saturated carbocycles. The van der Waals surface area contributed by atoms with Crippen molar-refractivity contribution in [2.75, 3.05) is 0 Å². The Balaban J connectivity index is 2.49. The second-order valence-electron chi connectivity index (χ2n) is 4.97. The Labute approximate surface area is 104 Å². The van der Waals surface area contributed by atoms with Crippen molar-refractivity contribution in [2.24, 2.45) is 5.92 Å². The smallest absolute Gasteiger partial charge is 0.203 e. The quantitative estimate of drug-likeness (QED) is 0.767. The monoisotopic (exact) mass is 252 g/mol. The van der Waals surface area contributed by atoms with Crippen molar-refractivity contribution in [3.05, 3.63) is 33.1 Å². The van der Waals surface area contributed by atoms with Gasteiger partial charge in [-0.15, -0.1) is 0 Å². The van der Waals surface area contributed by atoms with Crippen molar-refractivity contribution in [1.29, 1.82) is 0 Å². The van der Waals surface area contributed by atoms with Gasteiger partial charge in [-0.1, -0.05) is 26.3 Å². The van der Waals surface area contributed by atoms with Crippen LogP contribution < -0.4 is 0 Å². The van der Waals surface area contributed by atoms with Crippen molar-refractivity contribution >= 4 is 9.84 Å². The standard InChI is InChI=1S/C14H20O2S/c1-4-7-10(2)14-11(3)12-8-5-6-9-13(12)17(14,15)16/h6,9-10H,4-5,7-8H2,1-3H3. The molecule has 1 aliphatic carbocycles. The molecule has 2 aliphatic rings. The van der Waals surface area contributed by atoms with Gasteiger partial charge in [-0.25, -0.2) is 8.42 Å². The highest BCUT2D eigenvalue weighted by Crippen LogP contribution is 2.44. The third-order valence-electron chi connectivity index (χ3n) is 3.70. The van der Waals surface area contributed by atoms with Gasteiger partial charge in [0.25, 0.3) is 0 Å². The molecule has 0 N–H and O–H groups in total. The first-order valence-corrected chi connectivity index (χ1v) is 7.84. The average molecular weight is 252 g/mol. The molecule has 3 heteroatoms. The Hall–Kier alpha value is -0.830. The summed E-state index contributed by atoms with van der Waals surface area (Å²) in [7, 11) is -3.19. The summed E-state index contributed by atoms with van der Waals surface area (Å²) in [5.74, 6) is 0.143. The number of hydrogen-bond donors (Lipinski definition) is 0. The van der Waals surface area contributed by atoms with Crippen LogP contribution in [-0.4, -0.2) is 8.42 Å². The predicted octanol–water partition coefficient (Wildman–Crippen LogP) is 3.73. The van der Waals surface area contributed by atoms with E-state index in [4.69, 9.17) is 0 Å². The number of sulfone groups is 1. The highest BCUT2D eigenvalue weighted by molar-refractivity contribution is 7.99. The predicted molar refractivity (Wildman–Crippen MR) is 71.1 cm³/mol. The van der Waals surface area contributed by atoms with E-state index in [0.29, 0.717) is 9.81 Å². The van der Waals surface area contributed by atoms with Gasteiger partial charge in [0.2, 0.25) is 9.84 Å². The van der Waals surface area contributed by atoms with E-state index in [0.717, 1.165) is 36.8 Å². The Morgan fingerprint density at radius 1 is 1.41 bits per heavy atom. The maximum absolute atomic E-state index is 12.5. The Bertz CT molecular complexity index is 518. The maximum atomic E-state index is 12.5. The minimum absolute atomic E-state index is 0.143. The van der Waals surface area contributed by atoms with Crippen molar-refractivity contribution in [2.45, 2.75) is 46.5 Å². The van der Waals surface area contributed by atoms with Crippen LogP contribution in [-0.2, 0) is 9.84 Å². The summed E-state index contributed by atoms with van der Waals surface area (Å²) >= 11 is 0. The molecule has 1 aliphatic heterocycles. The summed E-state index contributed by atoms with van der Waals surface area (Å²) < 4.78 is 25.0. The molecule has 0 fully saturated rings. The zero-order chi connectivity index (χ0) is 12.6. The van der Waals surface area contributed by atoms with Crippen LogP contribution in [0.25, 0.3) is 0 Å². The molecule has 0 bridgehead atoms. The molecule has 94 valence electrons. The molecule has 0 radical (unpaired) electrons. The average Bonchev–Trinajstić information content (AvgIpc) is 2.48. The zero-order valence-electron chi connectivity index (χ0n) is 10.8. The molecule has 0 aromatic carbocycles. The summed E-state index contributed by atoms with van der Waals surface area (Å²) in [4.78, 5) is 1.25. The van der Waals surface area contributed by atoms with Crippen LogP contribution in [0.4, 0.5) is 0 Å². The minimum Gasteiger partial charge on any atom is -0.219 e.